The third kappa shape index (κ3) is 1.11. The topological polar surface area (TPSA) is 61.2 Å². The lowest BCUT2D eigenvalue weighted by molar-refractivity contribution is -0.156. The minimum atomic E-state index is -0.617. The molecular formula is C11H17NO2. The molecule has 0 aromatic rings. The van der Waals surface area contributed by atoms with Crippen molar-refractivity contribution in [2.45, 2.75) is 45.4 Å². The summed E-state index contributed by atoms with van der Waals surface area (Å²) in [6.45, 7) is 1.87. The smallest absolute Gasteiger partial charge is 0.309 e. The molecule has 0 aliphatic heterocycles. The van der Waals surface area contributed by atoms with Gasteiger partial charge in [0.15, 0.2) is 0 Å². The normalized spacial score (nSPS) is 40.9. The van der Waals surface area contributed by atoms with E-state index in [1.807, 2.05) is 6.92 Å². The van der Waals surface area contributed by atoms with Gasteiger partial charge in [-0.25, -0.2) is 0 Å². The maximum absolute atomic E-state index is 11.2. The van der Waals surface area contributed by atoms with Crippen molar-refractivity contribution in [2.75, 3.05) is 0 Å². The van der Waals surface area contributed by atoms with Gasteiger partial charge in [-0.1, -0.05) is 0 Å². The van der Waals surface area contributed by atoms with Crippen LogP contribution in [0.25, 0.3) is 0 Å². The van der Waals surface area contributed by atoms with Crippen LogP contribution in [0, 0.1) is 16.2 Å². The van der Waals surface area contributed by atoms with Gasteiger partial charge in [0.25, 0.3) is 0 Å². The fraction of sp³-hybridized carbons (Fsp3) is 0.818. The molecule has 3 rings (SSSR count). The fourth-order valence-corrected chi connectivity index (χ4v) is 3.07. The van der Waals surface area contributed by atoms with Crippen LogP contribution in [0.1, 0.15) is 45.4 Å². The van der Waals surface area contributed by atoms with E-state index in [1.165, 1.54) is 0 Å². The molecule has 14 heavy (non-hydrogen) atoms. The molecule has 78 valence electrons. The standard InChI is InChI=1S/C11H17NO2/c1-8(12)10-2-5-11(6-3-10,7-4-10)9(13)14/h12H,2-7H2,1H3,(H,13,14). The van der Waals surface area contributed by atoms with E-state index in [9.17, 15) is 9.90 Å². The number of fused-ring (bicyclic) bond motifs is 3. The summed E-state index contributed by atoms with van der Waals surface area (Å²) in [5.41, 5.74) is 0.394. The van der Waals surface area contributed by atoms with E-state index in [2.05, 4.69) is 0 Å². The zero-order chi connectivity index (χ0) is 10.4. The lowest BCUT2D eigenvalue weighted by Crippen LogP contribution is -2.48. The Morgan fingerprint density at radius 2 is 1.43 bits per heavy atom. The van der Waals surface area contributed by atoms with E-state index in [4.69, 9.17) is 5.41 Å². The number of carbonyl (C=O) groups is 1. The Kier molecular flexibility index (Phi) is 1.95. The number of carboxylic acid groups (broad SMARTS) is 1. The molecule has 3 fully saturated rings. The van der Waals surface area contributed by atoms with Gasteiger partial charge in [-0.2, -0.15) is 0 Å². The van der Waals surface area contributed by atoms with Gasteiger partial charge >= 0.3 is 5.97 Å². The largest absolute Gasteiger partial charge is 0.481 e. The van der Waals surface area contributed by atoms with Crippen LogP contribution in [0.5, 0.6) is 0 Å². The second kappa shape index (κ2) is 2.81. The van der Waals surface area contributed by atoms with Gasteiger partial charge in [-0.15, -0.1) is 0 Å². The molecule has 0 aromatic heterocycles. The first-order valence-electron chi connectivity index (χ1n) is 5.30. The molecule has 3 aliphatic carbocycles. The highest BCUT2D eigenvalue weighted by molar-refractivity contribution is 5.86. The minimum Gasteiger partial charge on any atom is -0.481 e. The van der Waals surface area contributed by atoms with Crippen LogP contribution < -0.4 is 0 Å². The highest BCUT2D eigenvalue weighted by Crippen LogP contribution is 2.57. The number of rotatable bonds is 2. The Morgan fingerprint density at radius 1 is 1.07 bits per heavy atom. The van der Waals surface area contributed by atoms with E-state index in [0.717, 1.165) is 44.2 Å². The summed E-state index contributed by atoms with van der Waals surface area (Å²) in [6.07, 6.45) is 5.06. The SMILES string of the molecule is CC(=N)C12CCC(C(=O)O)(CC1)CC2. The summed E-state index contributed by atoms with van der Waals surface area (Å²) < 4.78 is 0. The lowest BCUT2D eigenvalue weighted by atomic mass is 9.52. The number of aliphatic carboxylic acids is 1. The number of nitrogens with one attached hydrogen (secondary N) is 1. The quantitative estimate of drug-likeness (QED) is 0.665. The average Bonchev–Trinajstić information content (AvgIpc) is 2.20. The van der Waals surface area contributed by atoms with Gasteiger partial charge in [-0.05, 0) is 45.4 Å². The Labute approximate surface area is 84.0 Å². The van der Waals surface area contributed by atoms with Gasteiger partial charge in [-0.3, -0.25) is 4.79 Å². The monoisotopic (exact) mass is 195 g/mol. The average molecular weight is 195 g/mol. The van der Waals surface area contributed by atoms with Crippen molar-refractivity contribution in [3.05, 3.63) is 0 Å². The summed E-state index contributed by atoms with van der Waals surface area (Å²) in [5, 5.41) is 17.0. The van der Waals surface area contributed by atoms with Crippen molar-refractivity contribution >= 4 is 11.7 Å². The molecular weight excluding hydrogens is 178 g/mol. The molecule has 0 unspecified atom stereocenters. The summed E-state index contributed by atoms with van der Waals surface area (Å²) in [4.78, 5) is 11.2. The third-order valence-electron chi connectivity index (χ3n) is 4.50. The summed E-state index contributed by atoms with van der Waals surface area (Å²) in [7, 11) is 0. The predicted octanol–water partition coefficient (Wildman–Crippen LogP) is 2.45. The Bertz CT molecular complexity index is 241. The second-order valence-electron chi connectivity index (χ2n) is 4.99. The zero-order valence-corrected chi connectivity index (χ0v) is 8.60. The van der Waals surface area contributed by atoms with Crippen molar-refractivity contribution in [1.82, 2.24) is 0 Å². The van der Waals surface area contributed by atoms with Gasteiger partial charge in [0.05, 0.1) is 5.41 Å². The third-order valence-corrected chi connectivity index (χ3v) is 4.50. The number of carboxylic acids is 1. The first-order chi connectivity index (χ1) is 6.51. The zero-order valence-electron chi connectivity index (χ0n) is 8.60. The van der Waals surface area contributed by atoms with Gasteiger partial charge in [0.2, 0.25) is 0 Å². The molecule has 0 radical (unpaired) electrons. The summed E-state index contributed by atoms with van der Waals surface area (Å²) in [5.74, 6) is -0.617. The van der Waals surface area contributed by atoms with E-state index in [1.54, 1.807) is 0 Å². The fourth-order valence-electron chi connectivity index (χ4n) is 3.07. The van der Waals surface area contributed by atoms with Crippen LogP contribution in [0.4, 0.5) is 0 Å². The van der Waals surface area contributed by atoms with Crippen molar-refractivity contribution < 1.29 is 9.90 Å². The van der Waals surface area contributed by atoms with E-state index in [-0.39, 0.29) is 5.41 Å². The van der Waals surface area contributed by atoms with E-state index in [0.29, 0.717) is 0 Å². The minimum absolute atomic E-state index is 0.0667. The summed E-state index contributed by atoms with van der Waals surface area (Å²) >= 11 is 0. The van der Waals surface area contributed by atoms with Crippen LogP contribution in [0.2, 0.25) is 0 Å². The van der Waals surface area contributed by atoms with Crippen LogP contribution in [0.3, 0.4) is 0 Å². The van der Waals surface area contributed by atoms with Crippen molar-refractivity contribution in [1.29, 1.82) is 5.41 Å². The lowest BCUT2D eigenvalue weighted by Gasteiger charge is -2.51. The van der Waals surface area contributed by atoms with Crippen molar-refractivity contribution in [2.24, 2.45) is 10.8 Å². The molecule has 0 amide bonds. The highest BCUT2D eigenvalue weighted by Gasteiger charge is 2.53. The Morgan fingerprint density at radius 3 is 1.71 bits per heavy atom. The molecule has 2 N–H and O–H groups in total. The molecule has 0 spiro atoms. The van der Waals surface area contributed by atoms with E-state index < -0.39 is 11.4 Å². The number of hydrogen-bond donors (Lipinski definition) is 2. The maximum atomic E-state index is 11.2. The van der Waals surface area contributed by atoms with Crippen LogP contribution in [-0.2, 0) is 4.79 Å². The molecule has 3 heteroatoms. The van der Waals surface area contributed by atoms with Crippen LogP contribution in [0.15, 0.2) is 0 Å². The first-order valence-corrected chi connectivity index (χ1v) is 5.30. The van der Waals surface area contributed by atoms with Gasteiger partial charge in [0, 0.05) is 11.1 Å². The predicted molar refractivity (Wildman–Crippen MR) is 53.6 cm³/mol. The Hall–Kier alpha value is -0.860. The maximum Gasteiger partial charge on any atom is 0.309 e. The van der Waals surface area contributed by atoms with Crippen molar-refractivity contribution in [3.63, 3.8) is 0 Å². The molecule has 0 saturated heterocycles. The van der Waals surface area contributed by atoms with Crippen LogP contribution >= 0.6 is 0 Å². The number of hydrogen-bond acceptors (Lipinski definition) is 2. The summed E-state index contributed by atoms with van der Waals surface area (Å²) in [6, 6.07) is 0. The van der Waals surface area contributed by atoms with Gasteiger partial charge in [0.1, 0.15) is 0 Å². The first kappa shape index (κ1) is 9.69. The van der Waals surface area contributed by atoms with E-state index >= 15 is 0 Å². The highest BCUT2D eigenvalue weighted by atomic mass is 16.4. The van der Waals surface area contributed by atoms with Crippen LogP contribution in [-0.4, -0.2) is 16.8 Å². The molecule has 3 nitrogen and oxygen atoms in total. The van der Waals surface area contributed by atoms with Crippen molar-refractivity contribution in [3.8, 4) is 0 Å². The molecule has 0 aromatic carbocycles. The molecule has 0 heterocycles. The molecule has 2 bridgehead atoms. The Balaban J connectivity index is 2.21. The molecule has 0 atom stereocenters. The molecule has 3 aliphatic rings. The van der Waals surface area contributed by atoms with Gasteiger partial charge < -0.3 is 10.5 Å². The molecule has 3 saturated carbocycles. The second-order valence-corrected chi connectivity index (χ2v) is 4.99.